The molecule has 4 heterocycles. The second-order valence-electron chi connectivity index (χ2n) is 9.54. The molecule has 1 saturated heterocycles. The summed E-state index contributed by atoms with van der Waals surface area (Å²) in [4.78, 5) is 63.8. The fourth-order valence-corrected chi connectivity index (χ4v) is 8.29. The van der Waals surface area contributed by atoms with Crippen LogP contribution in [0.1, 0.15) is 23.0 Å². The zero-order valence-electron chi connectivity index (χ0n) is 23.4. The molecule has 1 aliphatic rings. The molecular formula is C20H17F4N8O13P3S. The molecule has 4 aromatic rings. The van der Waals surface area contributed by atoms with Gasteiger partial charge in [-0.05, 0) is 5.53 Å². The van der Waals surface area contributed by atoms with E-state index in [0.717, 1.165) is 0 Å². The maximum Gasteiger partial charge on any atom is 0.490 e. The minimum absolute atomic E-state index is 0.00699. The van der Waals surface area contributed by atoms with E-state index in [4.69, 9.17) is 20.1 Å². The fourth-order valence-electron chi connectivity index (χ4n) is 4.42. The second kappa shape index (κ2) is 13.8. The van der Waals surface area contributed by atoms with Gasteiger partial charge in [-0.3, -0.25) is 18.3 Å². The number of benzene rings is 1. The smallest absolute Gasteiger partial charge is 0.390 e. The first-order valence-corrected chi connectivity index (χ1v) is 18.2. The number of ether oxygens (including phenoxy) is 1. The number of hydrogen-bond acceptors (Lipinski definition) is 14. The molecule has 0 radical (unpaired) electrons. The number of carbonyl (C=O) groups is 1. The first-order valence-electron chi connectivity index (χ1n) is 12.7. The summed E-state index contributed by atoms with van der Waals surface area (Å²) in [7, 11) is -17.0. The van der Waals surface area contributed by atoms with Crippen molar-refractivity contribution < 1.29 is 78.6 Å². The van der Waals surface area contributed by atoms with Gasteiger partial charge in [-0.1, -0.05) is 16.9 Å². The van der Waals surface area contributed by atoms with Gasteiger partial charge in [0.1, 0.15) is 18.0 Å². The number of hydrogen-bond donors (Lipinski definition) is 5. The van der Waals surface area contributed by atoms with Gasteiger partial charge in [-0.2, -0.15) is 8.62 Å². The van der Waals surface area contributed by atoms with E-state index in [2.05, 4.69) is 38.1 Å². The predicted molar refractivity (Wildman–Crippen MR) is 151 cm³/mol. The van der Waals surface area contributed by atoms with Crippen molar-refractivity contribution in [1.29, 1.82) is 0 Å². The second-order valence-corrected chi connectivity index (χ2v) is 14.9. The van der Waals surface area contributed by atoms with Crippen molar-refractivity contribution in [3.63, 3.8) is 0 Å². The third kappa shape index (κ3) is 7.88. The van der Waals surface area contributed by atoms with Crippen molar-refractivity contribution in [2.75, 3.05) is 12.4 Å². The summed E-state index contributed by atoms with van der Waals surface area (Å²) in [5, 5.41) is 13.0. The normalized spacial score (nSPS) is 20.7. The Hall–Kier alpha value is -3.31. The van der Waals surface area contributed by atoms with E-state index in [1.807, 2.05) is 0 Å². The van der Waals surface area contributed by atoms with Crippen molar-refractivity contribution in [2.45, 2.75) is 30.0 Å². The quantitative estimate of drug-likeness (QED) is 0.0149. The number of nitrogens with zero attached hydrogens (tertiary/aromatic N) is 8. The number of phosphoric ester groups is 1. The number of phosphoric acid groups is 3. The van der Waals surface area contributed by atoms with Crippen LogP contribution in [0.4, 0.5) is 23.2 Å². The minimum atomic E-state index is -5.80. The van der Waals surface area contributed by atoms with E-state index >= 15 is 0 Å². The number of carbonyl (C=O) groups excluding carboxylic acids is 1. The number of ketones is 1. The van der Waals surface area contributed by atoms with Crippen molar-refractivity contribution in [1.82, 2.24) is 23.9 Å². The molecule has 0 saturated carbocycles. The molecule has 1 aliphatic heterocycles. The van der Waals surface area contributed by atoms with Gasteiger partial charge in [0.25, 0.3) is 0 Å². The van der Waals surface area contributed by atoms with Gasteiger partial charge in [0.05, 0.1) is 30.4 Å². The summed E-state index contributed by atoms with van der Waals surface area (Å²) in [6, 6.07) is 0. The number of Topliss-reactive ketones (excluding diaryl/α,β-unsaturated/α-hetero) is 1. The van der Waals surface area contributed by atoms with Crippen LogP contribution in [-0.2, 0) is 31.6 Å². The molecule has 1 fully saturated rings. The van der Waals surface area contributed by atoms with Crippen LogP contribution >= 0.6 is 35.2 Å². The van der Waals surface area contributed by atoms with Gasteiger partial charge in [0.15, 0.2) is 51.0 Å². The lowest BCUT2D eigenvalue weighted by atomic mass is 10.1. The van der Waals surface area contributed by atoms with E-state index in [-0.39, 0.29) is 28.4 Å². The summed E-state index contributed by atoms with van der Waals surface area (Å²) in [6.07, 6.45) is -0.291. The maximum atomic E-state index is 14.5. The summed E-state index contributed by atoms with van der Waals surface area (Å²) < 4.78 is 112. The van der Waals surface area contributed by atoms with Crippen LogP contribution in [0.5, 0.6) is 0 Å². The molecule has 0 spiro atoms. The molecule has 21 nitrogen and oxygen atoms in total. The summed E-state index contributed by atoms with van der Waals surface area (Å²) in [6.45, 7) is -0.965. The molecule has 1 aromatic carbocycles. The van der Waals surface area contributed by atoms with Crippen LogP contribution in [0.25, 0.3) is 27.3 Å². The first-order chi connectivity index (χ1) is 22.8. The number of imidazole rings is 2. The lowest BCUT2D eigenvalue weighted by Gasteiger charge is -2.19. The number of fused-ring (bicyclic) bond motifs is 3. The number of aliphatic hydroxyl groups is 1. The highest BCUT2D eigenvalue weighted by Crippen LogP contribution is 2.66. The lowest BCUT2D eigenvalue weighted by molar-refractivity contribution is -0.0423. The molecule has 49 heavy (non-hydrogen) atoms. The molecule has 0 bridgehead atoms. The Balaban J connectivity index is 1.35. The summed E-state index contributed by atoms with van der Waals surface area (Å²) in [5.41, 5.74) is 5.53. The molecule has 5 N–H and O–H groups in total. The number of halogens is 4. The molecular weight excluding hydrogens is 761 g/mol. The SMILES string of the molecule is [N-]=[N+]=Nc1c(F)c(F)c(C(=O)CSc2nc3c(ncn3[C@H]3C[C@H](O)[C@@H](COP(=O)(O)OP(=O)(O)OP(=O)(O)O)O3)c3nccn23)c(F)c1F. The number of aliphatic hydroxyl groups excluding tert-OH is 1. The summed E-state index contributed by atoms with van der Waals surface area (Å²) in [5.74, 6) is -10.6. The van der Waals surface area contributed by atoms with Crippen LogP contribution < -0.4 is 0 Å². The van der Waals surface area contributed by atoms with Gasteiger partial charge in [0, 0.05) is 23.7 Å². The Morgan fingerprint density at radius 3 is 2.37 bits per heavy atom. The maximum absolute atomic E-state index is 14.5. The lowest BCUT2D eigenvalue weighted by Crippen LogP contribution is -2.26. The Labute approximate surface area is 271 Å². The molecule has 5 atom stereocenters. The van der Waals surface area contributed by atoms with E-state index < -0.39 is 94.6 Å². The van der Waals surface area contributed by atoms with Gasteiger partial charge in [-0.25, -0.2) is 46.2 Å². The van der Waals surface area contributed by atoms with Crippen LogP contribution in [0.2, 0.25) is 0 Å². The average molecular weight is 778 g/mol. The highest BCUT2D eigenvalue weighted by Gasteiger charge is 2.43. The molecule has 2 unspecified atom stereocenters. The van der Waals surface area contributed by atoms with Crippen LogP contribution in [0.3, 0.4) is 0 Å². The zero-order valence-corrected chi connectivity index (χ0v) is 26.9. The zero-order chi connectivity index (χ0) is 36.1. The number of thioether (sulfide) groups is 1. The Kier molecular flexibility index (Phi) is 10.4. The highest BCUT2D eigenvalue weighted by atomic mass is 32.2. The number of azide groups is 1. The summed E-state index contributed by atoms with van der Waals surface area (Å²) >= 11 is 0.566. The van der Waals surface area contributed by atoms with Crippen molar-refractivity contribution in [2.24, 2.45) is 5.11 Å². The number of aromatic nitrogens is 5. The molecule has 29 heteroatoms. The molecule has 0 aliphatic carbocycles. The Morgan fingerprint density at radius 1 is 1.06 bits per heavy atom. The average Bonchev–Trinajstić information content (AvgIpc) is 3.72. The predicted octanol–water partition coefficient (Wildman–Crippen LogP) is 3.54. The van der Waals surface area contributed by atoms with E-state index in [1.165, 1.54) is 27.7 Å². The minimum Gasteiger partial charge on any atom is -0.390 e. The van der Waals surface area contributed by atoms with E-state index in [0.29, 0.717) is 11.8 Å². The van der Waals surface area contributed by atoms with E-state index in [9.17, 15) is 50.9 Å². The van der Waals surface area contributed by atoms with Gasteiger partial charge in [-0.15, -0.1) is 0 Å². The van der Waals surface area contributed by atoms with E-state index in [1.54, 1.807) is 0 Å². The third-order valence-electron chi connectivity index (χ3n) is 6.36. The topological polar surface area (TPSA) is 303 Å². The molecule has 264 valence electrons. The van der Waals surface area contributed by atoms with Crippen molar-refractivity contribution >= 4 is 63.5 Å². The van der Waals surface area contributed by atoms with Crippen LogP contribution in [0, 0.1) is 23.3 Å². The molecule has 5 rings (SSSR count). The third-order valence-corrected chi connectivity index (χ3v) is 11.1. The van der Waals surface area contributed by atoms with Crippen LogP contribution in [0.15, 0.2) is 29.0 Å². The monoisotopic (exact) mass is 778 g/mol. The van der Waals surface area contributed by atoms with Crippen molar-refractivity contribution in [3.8, 4) is 0 Å². The molecule has 0 amide bonds. The Bertz CT molecular complexity index is 2150. The van der Waals surface area contributed by atoms with Gasteiger partial charge < -0.3 is 29.4 Å². The molecule has 3 aromatic heterocycles. The first kappa shape index (κ1) is 37.0. The van der Waals surface area contributed by atoms with Gasteiger partial charge in [0.2, 0.25) is 0 Å². The Morgan fingerprint density at radius 2 is 1.73 bits per heavy atom. The van der Waals surface area contributed by atoms with Crippen molar-refractivity contribution in [3.05, 3.63) is 58.0 Å². The fraction of sp³-hybridized carbons (Fsp3) is 0.300. The van der Waals surface area contributed by atoms with Crippen LogP contribution in [-0.4, -0.2) is 79.0 Å². The standard InChI is InChI=1S/C20H17F4N8O13P3S/c21-12-11(13(22)15(24)16(14(12)23)29-30-25)8(34)5-49-20-28-19-17(18-26-1-2-31(18)20)27-6-32(19)10-3-7(33)9(43-10)4-42-47(38,39)45-48(40,41)44-46(35,36)37/h1-2,6-7,9-10,33H,3-5H2,(H,38,39)(H,40,41)(H2,35,36,37)/t7-,9+,10+/m0/s1. The largest absolute Gasteiger partial charge is 0.490 e. The highest BCUT2D eigenvalue weighted by molar-refractivity contribution is 7.99. The van der Waals surface area contributed by atoms with Gasteiger partial charge >= 0.3 is 23.5 Å². The number of rotatable bonds is 13.